The third kappa shape index (κ3) is 4.70. The van der Waals surface area contributed by atoms with Gasteiger partial charge in [-0.2, -0.15) is 0 Å². The number of thiazole rings is 1. The number of nitrogens with one attached hydrogen (secondary N) is 2. The number of hydrogen-bond donors (Lipinski definition) is 2. The fraction of sp³-hybridized carbons (Fsp3) is 0.167. The lowest BCUT2D eigenvalue weighted by Crippen LogP contribution is -2.37. The number of carbonyl (C=O) groups excluding carboxylic acids is 2. The predicted molar refractivity (Wildman–Crippen MR) is 107 cm³/mol. The van der Waals surface area contributed by atoms with Crippen LogP contribution >= 0.6 is 11.3 Å². The second kappa shape index (κ2) is 8.03. The molecule has 28 heavy (non-hydrogen) atoms. The SMILES string of the molecule is CC(C(=O)Nc1nc2ccccc2s1)S(=O)(=O)CC(=O)Nc1ccc(F)cc1. The van der Waals surface area contributed by atoms with Gasteiger partial charge in [0.1, 0.15) is 16.8 Å². The first-order chi connectivity index (χ1) is 13.2. The minimum absolute atomic E-state index is 0.258. The molecule has 0 aliphatic carbocycles. The molecule has 7 nitrogen and oxygen atoms in total. The molecule has 0 aliphatic rings. The van der Waals surface area contributed by atoms with Gasteiger partial charge in [-0.05, 0) is 43.3 Å². The number of benzene rings is 2. The van der Waals surface area contributed by atoms with Crippen LogP contribution in [0, 0.1) is 5.82 Å². The Morgan fingerprint density at radius 3 is 2.46 bits per heavy atom. The number of aromatic nitrogens is 1. The zero-order valence-electron chi connectivity index (χ0n) is 14.7. The van der Waals surface area contributed by atoms with Gasteiger partial charge in [0.2, 0.25) is 11.8 Å². The molecule has 146 valence electrons. The van der Waals surface area contributed by atoms with Crippen LogP contribution in [0.25, 0.3) is 10.2 Å². The lowest BCUT2D eigenvalue weighted by Gasteiger charge is -2.12. The highest BCUT2D eigenvalue weighted by atomic mass is 32.2. The number of halogens is 1. The van der Waals surface area contributed by atoms with E-state index in [1.807, 2.05) is 12.1 Å². The average Bonchev–Trinajstić information content (AvgIpc) is 3.04. The van der Waals surface area contributed by atoms with E-state index < -0.39 is 38.5 Å². The number of hydrogen-bond acceptors (Lipinski definition) is 6. The summed E-state index contributed by atoms with van der Waals surface area (Å²) in [5, 5.41) is 3.68. The van der Waals surface area contributed by atoms with Crippen LogP contribution in [0.2, 0.25) is 0 Å². The van der Waals surface area contributed by atoms with E-state index in [9.17, 15) is 22.4 Å². The summed E-state index contributed by atoms with van der Waals surface area (Å²) in [5.74, 6) is -2.94. The van der Waals surface area contributed by atoms with E-state index in [2.05, 4.69) is 15.6 Å². The number of sulfone groups is 1. The maximum Gasteiger partial charge on any atom is 0.244 e. The Kier molecular flexibility index (Phi) is 5.71. The molecule has 0 aliphatic heterocycles. The van der Waals surface area contributed by atoms with Gasteiger partial charge in [-0.3, -0.25) is 9.59 Å². The number of nitrogens with zero attached hydrogens (tertiary/aromatic N) is 1. The van der Waals surface area contributed by atoms with E-state index in [1.165, 1.54) is 30.4 Å². The smallest absolute Gasteiger partial charge is 0.244 e. The highest BCUT2D eigenvalue weighted by Crippen LogP contribution is 2.25. The van der Waals surface area contributed by atoms with Crippen LogP contribution in [-0.2, 0) is 19.4 Å². The predicted octanol–water partition coefficient (Wildman–Crippen LogP) is 2.82. The molecule has 2 aromatic carbocycles. The Balaban J connectivity index is 1.63. The second-order valence-corrected chi connectivity index (χ2v) is 9.33. The Bertz CT molecular complexity index is 1090. The summed E-state index contributed by atoms with van der Waals surface area (Å²) in [6, 6.07) is 12.1. The monoisotopic (exact) mass is 421 g/mol. The van der Waals surface area contributed by atoms with Crippen molar-refractivity contribution in [3.05, 3.63) is 54.3 Å². The van der Waals surface area contributed by atoms with Crippen LogP contribution in [0.4, 0.5) is 15.2 Å². The number of fused-ring (bicyclic) bond motifs is 1. The number of rotatable bonds is 6. The molecule has 0 bridgehead atoms. The van der Waals surface area contributed by atoms with Crippen molar-refractivity contribution in [2.24, 2.45) is 0 Å². The van der Waals surface area contributed by atoms with Crippen molar-refractivity contribution in [3.8, 4) is 0 Å². The van der Waals surface area contributed by atoms with Gasteiger partial charge in [0.15, 0.2) is 15.0 Å². The standard InChI is InChI=1S/C18H16FN3O4S2/c1-11(17(24)22-18-21-14-4-2-3-5-15(14)27-18)28(25,26)10-16(23)20-13-8-6-12(19)7-9-13/h2-9,11H,10H2,1H3,(H,20,23)(H,21,22,24). The highest BCUT2D eigenvalue weighted by molar-refractivity contribution is 7.93. The molecule has 3 aromatic rings. The number of amides is 2. The van der Waals surface area contributed by atoms with Crippen LogP contribution in [-0.4, -0.2) is 36.2 Å². The molecule has 0 saturated carbocycles. The molecular formula is C18H16FN3O4S2. The fourth-order valence-electron chi connectivity index (χ4n) is 2.33. The van der Waals surface area contributed by atoms with Gasteiger partial charge >= 0.3 is 0 Å². The van der Waals surface area contributed by atoms with E-state index in [0.29, 0.717) is 5.52 Å². The van der Waals surface area contributed by atoms with Gasteiger partial charge < -0.3 is 10.6 Å². The summed E-state index contributed by atoms with van der Waals surface area (Å²) in [6.45, 7) is 1.21. The zero-order valence-corrected chi connectivity index (χ0v) is 16.3. The Labute approximate surface area is 164 Å². The molecule has 2 N–H and O–H groups in total. The molecule has 1 atom stereocenters. The maximum atomic E-state index is 12.9. The van der Waals surface area contributed by atoms with Crippen LogP contribution in [0.5, 0.6) is 0 Å². The van der Waals surface area contributed by atoms with Crippen molar-refractivity contribution in [3.63, 3.8) is 0 Å². The lowest BCUT2D eigenvalue weighted by atomic mass is 10.3. The molecule has 1 heterocycles. The van der Waals surface area contributed by atoms with Crippen molar-refractivity contribution in [1.82, 2.24) is 4.98 Å². The molecule has 0 radical (unpaired) electrons. The molecule has 3 rings (SSSR count). The summed E-state index contributed by atoms with van der Waals surface area (Å²) < 4.78 is 38.5. The summed E-state index contributed by atoms with van der Waals surface area (Å²) in [5.41, 5.74) is 0.949. The zero-order chi connectivity index (χ0) is 20.3. The minimum atomic E-state index is -4.06. The first kappa shape index (κ1) is 19.9. The number of anilines is 2. The molecule has 0 spiro atoms. The molecule has 0 fully saturated rings. The third-order valence-electron chi connectivity index (χ3n) is 3.89. The van der Waals surface area contributed by atoms with Crippen molar-refractivity contribution in [2.45, 2.75) is 12.2 Å². The third-order valence-corrected chi connectivity index (χ3v) is 6.80. The maximum absolute atomic E-state index is 12.9. The lowest BCUT2D eigenvalue weighted by molar-refractivity contribution is -0.115. The van der Waals surface area contributed by atoms with Crippen molar-refractivity contribution in [1.29, 1.82) is 0 Å². The first-order valence-corrected chi connectivity index (χ1v) is 10.7. The largest absolute Gasteiger partial charge is 0.325 e. The Morgan fingerprint density at radius 1 is 1.11 bits per heavy atom. The second-order valence-electron chi connectivity index (χ2n) is 5.98. The normalized spacial score (nSPS) is 12.5. The first-order valence-electron chi connectivity index (χ1n) is 8.18. The van der Waals surface area contributed by atoms with Gasteiger partial charge in [-0.25, -0.2) is 17.8 Å². The topological polar surface area (TPSA) is 105 Å². The summed E-state index contributed by atoms with van der Waals surface area (Å²) in [4.78, 5) is 28.5. The van der Waals surface area contributed by atoms with Crippen molar-refractivity contribution >= 4 is 54.0 Å². The van der Waals surface area contributed by atoms with E-state index in [0.717, 1.165) is 16.8 Å². The molecule has 10 heteroatoms. The number of carbonyl (C=O) groups is 2. The molecule has 2 amide bonds. The van der Waals surface area contributed by atoms with E-state index >= 15 is 0 Å². The Morgan fingerprint density at radius 2 is 1.79 bits per heavy atom. The van der Waals surface area contributed by atoms with Crippen LogP contribution in [0.1, 0.15) is 6.92 Å². The van der Waals surface area contributed by atoms with Crippen molar-refractivity contribution < 1.29 is 22.4 Å². The summed E-state index contributed by atoms with van der Waals surface area (Å²) in [6.07, 6.45) is 0. The summed E-state index contributed by atoms with van der Waals surface area (Å²) >= 11 is 1.22. The quantitative estimate of drug-likeness (QED) is 0.637. The minimum Gasteiger partial charge on any atom is -0.325 e. The van der Waals surface area contributed by atoms with E-state index in [4.69, 9.17) is 0 Å². The number of para-hydroxylation sites is 1. The van der Waals surface area contributed by atoms with Gasteiger partial charge in [0, 0.05) is 5.69 Å². The average molecular weight is 421 g/mol. The molecule has 1 aromatic heterocycles. The van der Waals surface area contributed by atoms with E-state index in [-0.39, 0.29) is 10.8 Å². The fourth-order valence-corrected chi connectivity index (χ4v) is 4.28. The molecule has 0 saturated heterocycles. The van der Waals surface area contributed by atoms with Gasteiger partial charge in [-0.15, -0.1) is 0 Å². The van der Waals surface area contributed by atoms with Crippen LogP contribution < -0.4 is 10.6 Å². The van der Waals surface area contributed by atoms with Gasteiger partial charge in [-0.1, -0.05) is 23.5 Å². The van der Waals surface area contributed by atoms with Crippen LogP contribution in [0.3, 0.4) is 0 Å². The molecular weight excluding hydrogens is 405 g/mol. The Hall–Kier alpha value is -2.85. The van der Waals surface area contributed by atoms with Gasteiger partial charge in [0.05, 0.1) is 10.2 Å². The van der Waals surface area contributed by atoms with E-state index in [1.54, 1.807) is 12.1 Å². The van der Waals surface area contributed by atoms with Crippen LogP contribution in [0.15, 0.2) is 48.5 Å². The van der Waals surface area contributed by atoms with Crippen molar-refractivity contribution in [2.75, 3.05) is 16.4 Å². The van der Waals surface area contributed by atoms with Gasteiger partial charge in [0.25, 0.3) is 0 Å². The highest BCUT2D eigenvalue weighted by Gasteiger charge is 2.31. The summed E-state index contributed by atoms with van der Waals surface area (Å²) in [7, 11) is -4.06. The molecule has 1 unspecified atom stereocenters.